The van der Waals surface area contributed by atoms with E-state index in [1.54, 1.807) is 55.6 Å². The highest BCUT2D eigenvalue weighted by Gasteiger charge is 2.40. The third-order valence-corrected chi connectivity index (χ3v) is 4.09. The molecule has 0 saturated carbocycles. The zero-order valence-corrected chi connectivity index (χ0v) is 14.0. The van der Waals surface area contributed by atoms with Gasteiger partial charge in [-0.05, 0) is 43.3 Å². The Kier molecular flexibility index (Phi) is 4.72. The Morgan fingerprint density at radius 1 is 1.20 bits per heavy atom. The van der Waals surface area contributed by atoms with Crippen molar-refractivity contribution < 1.29 is 13.2 Å². The molecule has 0 amide bonds. The summed E-state index contributed by atoms with van der Waals surface area (Å²) in [5, 5.41) is 3.43. The van der Waals surface area contributed by atoms with Crippen molar-refractivity contribution in [3.63, 3.8) is 0 Å². The van der Waals surface area contributed by atoms with Crippen LogP contribution in [-0.2, 0) is 0 Å². The van der Waals surface area contributed by atoms with Crippen molar-refractivity contribution in [1.29, 1.82) is 0 Å². The molecule has 1 atom stereocenters. The van der Waals surface area contributed by atoms with E-state index in [1.165, 1.54) is 11.0 Å². The van der Waals surface area contributed by atoms with Crippen LogP contribution in [0.2, 0.25) is 5.02 Å². The van der Waals surface area contributed by atoms with Crippen molar-refractivity contribution in [1.82, 2.24) is 4.98 Å². The Hall–Kier alpha value is -2.47. The van der Waals surface area contributed by atoms with Crippen LogP contribution in [0.15, 0.2) is 66.5 Å². The molecular weight excluding hydrogens is 351 g/mol. The summed E-state index contributed by atoms with van der Waals surface area (Å²) >= 11 is 6.19. The predicted octanol–water partition coefficient (Wildman–Crippen LogP) is 5.69. The first kappa shape index (κ1) is 17.4. The van der Waals surface area contributed by atoms with Crippen LogP contribution in [0.5, 0.6) is 0 Å². The van der Waals surface area contributed by atoms with Gasteiger partial charge in [0, 0.05) is 17.9 Å². The standard InChI is InChI=1S/C18H15ClF3N3/c1-12-5-4-6-16(18(20,21)22)25(12)13-8-9-14(19)15(11-13)24-17-7-2-3-10-23-17/h2-12H,1H3,(H,23,24). The molecule has 25 heavy (non-hydrogen) atoms. The molecule has 3 rings (SSSR count). The van der Waals surface area contributed by atoms with E-state index in [0.29, 0.717) is 22.2 Å². The molecule has 0 aliphatic carbocycles. The number of nitrogens with zero attached hydrogens (tertiary/aromatic N) is 2. The van der Waals surface area contributed by atoms with Crippen LogP contribution in [0.3, 0.4) is 0 Å². The largest absolute Gasteiger partial charge is 0.431 e. The van der Waals surface area contributed by atoms with Gasteiger partial charge in [0.05, 0.1) is 10.7 Å². The second kappa shape index (κ2) is 6.80. The minimum Gasteiger partial charge on any atom is -0.339 e. The van der Waals surface area contributed by atoms with Gasteiger partial charge in [0.2, 0.25) is 0 Å². The third-order valence-electron chi connectivity index (χ3n) is 3.76. The molecule has 1 aromatic heterocycles. The van der Waals surface area contributed by atoms with E-state index in [4.69, 9.17) is 11.6 Å². The van der Waals surface area contributed by atoms with Crippen molar-refractivity contribution in [2.45, 2.75) is 19.1 Å². The van der Waals surface area contributed by atoms with Crippen LogP contribution in [0, 0.1) is 0 Å². The number of hydrogen-bond acceptors (Lipinski definition) is 3. The first-order chi connectivity index (χ1) is 11.9. The molecule has 2 heterocycles. The highest BCUT2D eigenvalue weighted by atomic mass is 35.5. The van der Waals surface area contributed by atoms with Crippen LogP contribution >= 0.6 is 11.6 Å². The summed E-state index contributed by atoms with van der Waals surface area (Å²) in [6.45, 7) is 1.70. The number of aromatic nitrogens is 1. The summed E-state index contributed by atoms with van der Waals surface area (Å²) in [5.41, 5.74) is 0.165. The van der Waals surface area contributed by atoms with Gasteiger partial charge in [-0.15, -0.1) is 0 Å². The van der Waals surface area contributed by atoms with Crippen molar-refractivity contribution in [2.75, 3.05) is 10.2 Å². The molecule has 7 heteroatoms. The van der Waals surface area contributed by atoms with Gasteiger partial charge < -0.3 is 10.2 Å². The first-order valence-corrected chi connectivity index (χ1v) is 7.96. The van der Waals surface area contributed by atoms with E-state index >= 15 is 0 Å². The molecule has 0 radical (unpaired) electrons. The molecule has 130 valence electrons. The van der Waals surface area contributed by atoms with Gasteiger partial charge >= 0.3 is 6.18 Å². The molecule has 1 aromatic carbocycles. The molecule has 3 nitrogen and oxygen atoms in total. The summed E-state index contributed by atoms with van der Waals surface area (Å²) < 4.78 is 40.1. The van der Waals surface area contributed by atoms with Gasteiger partial charge in [0.15, 0.2) is 0 Å². The van der Waals surface area contributed by atoms with Gasteiger partial charge in [-0.25, -0.2) is 4.98 Å². The minimum atomic E-state index is -4.45. The van der Waals surface area contributed by atoms with Crippen LogP contribution in [-0.4, -0.2) is 17.2 Å². The maximum absolute atomic E-state index is 13.4. The smallest absolute Gasteiger partial charge is 0.339 e. The number of nitrogens with one attached hydrogen (secondary N) is 1. The quantitative estimate of drug-likeness (QED) is 0.757. The Morgan fingerprint density at radius 2 is 2.00 bits per heavy atom. The number of pyridine rings is 1. The fourth-order valence-electron chi connectivity index (χ4n) is 2.63. The molecule has 1 N–H and O–H groups in total. The Balaban J connectivity index is 1.98. The molecule has 1 aliphatic rings. The van der Waals surface area contributed by atoms with Gasteiger partial charge in [0.1, 0.15) is 11.5 Å². The van der Waals surface area contributed by atoms with E-state index in [1.807, 2.05) is 0 Å². The Labute approximate surface area is 148 Å². The predicted molar refractivity (Wildman–Crippen MR) is 94.2 cm³/mol. The molecule has 0 fully saturated rings. The Bertz CT molecular complexity index is 816. The lowest BCUT2D eigenvalue weighted by molar-refractivity contribution is -0.0939. The number of allylic oxidation sites excluding steroid dienone is 3. The van der Waals surface area contributed by atoms with Gasteiger partial charge in [-0.1, -0.05) is 29.8 Å². The average molecular weight is 366 g/mol. The van der Waals surface area contributed by atoms with Crippen LogP contribution in [0.1, 0.15) is 6.92 Å². The number of benzene rings is 1. The first-order valence-electron chi connectivity index (χ1n) is 7.59. The topological polar surface area (TPSA) is 28.2 Å². The molecule has 0 saturated heterocycles. The van der Waals surface area contributed by atoms with Crippen LogP contribution in [0.25, 0.3) is 0 Å². The third kappa shape index (κ3) is 3.79. The summed E-state index contributed by atoms with van der Waals surface area (Å²) in [6.07, 6.45) is 1.36. The normalized spacial score (nSPS) is 17.4. The van der Waals surface area contributed by atoms with E-state index in [9.17, 15) is 13.2 Å². The lowest BCUT2D eigenvalue weighted by atomic mass is 10.1. The fourth-order valence-corrected chi connectivity index (χ4v) is 2.80. The SMILES string of the molecule is CC1C=CC=C(C(F)(F)F)N1c1ccc(Cl)c(Nc2ccccn2)c1. The molecule has 0 spiro atoms. The summed E-state index contributed by atoms with van der Waals surface area (Å²) in [4.78, 5) is 5.38. The summed E-state index contributed by atoms with van der Waals surface area (Å²) in [5.74, 6) is 0.555. The number of hydrogen-bond donors (Lipinski definition) is 1. The Morgan fingerprint density at radius 3 is 2.68 bits per heavy atom. The highest BCUT2D eigenvalue weighted by Crippen LogP contribution is 2.38. The maximum Gasteiger partial charge on any atom is 0.431 e. The number of alkyl halides is 3. The zero-order chi connectivity index (χ0) is 18.0. The van der Waals surface area contributed by atoms with Crippen molar-refractivity contribution in [3.05, 3.63) is 71.5 Å². The number of rotatable bonds is 3. The molecule has 1 unspecified atom stereocenters. The minimum absolute atomic E-state index is 0.392. The second-order valence-electron chi connectivity index (χ2n) is 5.55. The van der Waals surface area contributed by atoms with Crippen LogP contribution in [0.4, 0.5) is 30.4 Å². The van der Waals surface area contributed by atoms with Crippen molar-refractivity contribution >= 4 is 28.8 Å². The van der Waals surface area contributed by atoms with Gasteiger partial charge in [-0.2, -0.15) is 13.2 Å². The molecule has 0 bridgehead atoms. The molecule has 2 aromatic rings. The van der Waals surface area contributed by atoms with E-state index in [2.05, 4.69) is 10.3 Å². The van der Waals surface area contributed by atoms with Gasteiger partial charge in [0.25, 0.3) is 0 Å². The average Bonchev–Trinajstić information content (AvgIpc) is 2.57. The highest BCUT2D eigenvalue weighted by molar-refractivity contribution is 6.33. The van der Waals surface area contributed by atoms with E-state index in [0.717, 1.165) is 6.08 Å². The fraction of sp³-hybridized carbons (Fsp3) is 0.167. The summed E-state index contributed by atoms with van der Waals surface area (Å²) in [6, 6.07) is 9.61. The lowest BCUT2D eigenvalue weighted by Gasteiger charge is -2.35. The monoisotopic (exact) mass is 365 g/mol. The van der Waals surface area contributed by atoms with Crippen molar-refractivity contribution in [2.24, 2.45) is 0 Å². The number of anilines is 3. The lowest BCUT2D eigenvalue weighted by Crippen LogP contribution is -2.39. The van der Waals surface area contributed by atoms with Crippen LogP contribution < -0.4 is 10.2 Å². The number of halogens is 4. The van der Waals surface area contributed by atoms with Crippen molar-refractivity contribution in [3.8, 4) is 0 Å². The van der Waals surface area contributed by atoms with E-state index in [-0.39, 0.29) is 0 Å². The molecular formula is C18H15ClF3N3. The summed E-state index contributed by atoms with van der Waals surface area (Å²) in [7, 11) is 0. The van der Waals surface area contributed by atoms with E-state index < -0.39 is 17.9 Å². The zero-order valence-electron chi connectivity index (χ0n) is 13.3. The molecule has 1 aliphatic heterocycles. The maximum atomic E-state index is 13.4. The van der Waals surface area contributed by atoms with Gasteiger partial charge in [-0.3, -0.25) is 0 Å². The second-order valence-corrected chi connectivity index (χ2v) is 5.96.